The van der Waals surface area contributed by atoms with E-state index in [1.165, 1.54) is 0 Å². The molecule has 0 aliphatic rings. The van der Waals surface area contributed by atoms with E-state index in [1.54, 1.807) is 0 Å². The summed E-state index contributed by atoms with van der Waals surface area (Å²) in [6.45, 7) is 11.0. The van der Waals surface area contributed by atoms with Crippen LogP contribution in [0.5, 0.6) is 0 Å². The molecule has 0 fully saturated rings. The predicted molar refractivity (Wildman–Crippen MR) is 103 cm³/mol. The minimum Gasteiger partial charge on any atom is -0.480 e. The van der Waals surface area contributed by atoms with Crippen molar-refractivity contribution in [3.8, 4) is 0 Å². The maximum atomic E-state index is 11.9. The standard InChI is InChI=1S/C19H31NO5Si/c1-19(2,3)26(4,5)25-12-11-16(18(22)23)20-17(21)14-24-13-15-9-7-6-8-10-15/h6-10,16H,11-14H2,1-5H3,(H,20,21)(H,22,23)/t16-/m0/s1. The van der Waals surface area contributed by atoms with E-state index in [4.69, 9.17) is 9.16 Å². The summed E-state index contributed by atoms with van der Waals surface area (Å²) < 4.78 is 11.3. The van der Waals surface area contributed by atoms with E-state index in [0.29, 0.717) is 13.2 Å². The number of benzene rings is 1. The third kappa shape index (κ3) is 7.68. The van der Waals surface area contributed by atoms with Crippen LogP contribution in [0.25, 0.3) is 0 Å². The molecule has 7 heteroatoms. The summed E-state index contributed by atoms with van der Waals surface area (Å²) in [6, 6.07) is 8.50. The van der Waals surface area contributed by atoms with Crippen molar-refractivity contribution in [3.05, 3.63) is 35.9 Å². The van der Waals surface area contributed by atoms with Gasteiger partial charge < -0.3 is 19.6 Å². The van der Waals surface area contributed by atoms with E-state index in [9.17, 15) is 14.7 Å². The molecule has 1 aromatic rings. The zero-order valence-electron chi connectivity index (χ0n) is 16.4. The van der Waals surface area contributed by atoms with Crippen molar-refractivity contribution in [3.63, 3.8) is 0 Å². The second-order valence-electron chi connectivity index (χ2n) is 7.83. The smallest absolute Gasteiger partial charge is 0.326 e. The highest BCUT2D eigenvalue weighted by Gasteiger charge is 2.37. The van der Waals surface area contributed by atoms with E-state index in [0.717, 1.165) is 5.56 Å². The van der Waals surface area contributed by atoms with E-state index in [2.05, 4.69) is 39.2 Å². The Morgan fingerprint density at radius 3 is 2.35 bits per heavy atom. The van der Waals surface area contributed by atoms with Crippen LogP contribution in [0.15, 0.2) is 30.3 Å². The monoisotopic (exact) mass is 381 g/mol. The highest BCUT2D eigenvalue weighted by atomic mass is 28.4. The number of carbonyl (C=O) groups is 2. The maximum absolute atomic E-state index is 11.9. The van der Waals surface area contributed by atoms with Crippen molar-refractivity contribution in [2.24, 2.45) is 0 Å². The molecule has 0 radical (unpaired) electrons. The molecule has 6 nitrogen and oxygen atoms in total. The van der Waals surface area contributed by atoms with Crippen molar-refractivity contribution in [2.75, 3.05) is 13.2 Å². The van der Waals surface area contributed by atoms with Gasteiger partial charge in [0.05, 0.1) is 6.61 Å². The molecule has 0 bridgehead atoms. The molecule has 0 aromatic heterocycles. The predicted octanol–water partition coefficient (Wildman–Crippen LogP) is 3.18. The Morgan fingerprint density at radius 1 is 1.19 bits per heavy atom. The van der Waals surface area contributed by atoms with Gasteiger partial charge in [-0.3, -0.25) is 4.79 Å². The Morgan fingerprint density at radius 2 is 1.81 bits per heavy atom. The SMILES string of the molecule is CC(C)(C)[Si](C)(C)OCC[C@H](NC(=O)COCc1ccccc1)C(=O)O. The van der Waals surface area contributed by atoms with Crippen molar-refractivity contribution >= 4 is 20.2 Å². The summed E-state index contributed by atoms with van der Waals surface area (Å²) >= 11 is 0. The molecule has 1 amide bonds. The lowest BCUT2D eigenvalue weighted by molar-refractivity contribution is -0.143. The molecule has 2 N–H and O–H groups in total. The third-order valence-corrected chi connectivity index (χ3v) is 9.19. The van der Waals surface area contributed by atoms with Gasteiger partial charge in [-0.1, -0.05) is 51.1 Å². The van der Waals surface area contributed by atoms with Gasteiger partial charge in [0.2, 0.25) is 5.91 Å². The normalized spacial score (nSPS) is 13.3. The van der Waals surface area contributed by atoms with Gasteiger partial charge >= 0.3 is 5.97 Å². The second kappa shape index (κ2) is 9.85. The molecule has 1 rings (SSSR count). The van der Waals surface area contributed by atoms with Crippen LogP contribution in [0.1, 0.15) is 32.8 Å². The maximum Gasteiger partial charge on any atom is 0.326 e. The van der Waals surface area contributed by atoms with Gasteiger partial charge in [-0.15, -0.1) is 0 Å². The van der Waals surface area contributed by atoms with Gasteiger partial charge in [-0.05, 0) is 23.7 Å². The molecule has 0 heterocycles. The number of carboxylic acids is 1. The summed E-state index contributed by atoms with van der Waals surface area (Å²) in [7, 11) is -1.94. The molecule has 1 aromatic carbocycles. The summed E-state index contributed by atoms with van der Waals surface area (Å²) in [5, 5.41) is 11.9. The van der Waals surface area contributed by atoms with Gasteiger partial charge in [0.15, 0.2) is 8.32 Å². The largest absolute Gasteiger partial charge is 0.480 e. The van der Waals surface area contributed by atoms with Crippen LogP contribution in [0.2, 0.25) is 18.1 Å². The molecular weight excluding hydrogens is 350 g/mol. The Hall–Kier alpha value is -1.70. The van der Waals surface area contributed by atoms with Crippen molar-refractivity contribution in [2.45, 2.75) is 58.0 Å². The number of hydrogen-bond donors (Lipinski definition) is 2. The van der Waals surface area contributed by atoms with Crippen LogP contribution in [-0.4, -0.2) is 44.6 Å². The average Bonchev–Trinajstić information content (AvgIpc) is 2.53. The van der Waals surface area contributed by atoms with E-state index < -0.39 is 26.2 Å². The van der Waals surface area contributed by atoms with Crippen LogP contribution >= 0.6 is 0 Å². The fourth-order valence-electron chi connectivity index (χ4n) is 1.98. The number of amides is 1. The fourth-order valence-corrected chi connectivity index (χ4v) is 3.04. The van der Waals surface area contributed by atoms with Crippen LogP contribution in [0, 0.1) is 0 Å². The topological polar surface area (TPSA) is 84.9 Å². The highest BCUT2D eigenvalue weighted by molar-refractivity contribution is 6.74. The summed E-state index contributed by atoms with van der Waals surface area (Å²) in [5.41, 5.74) is 0.956. The fraction of sp³-hybridized carbons (Fsp3) is 0.579. The number of nitrogens with one attached hydrogen (secondary N) is 1. The zero-order chi connectivity index (χ0) is 19.8. The lowest BCUT2D eigenvalue weighted by atomic mass is 10.2. The molecule has 0 saturated heterocycles. The first-order chi connectivity index (χ1) is 12.0. The lowest BCUT2D eigenvalue weighted by Gasteiger charge is -2.36. The number of ether oxygens (including phenoxy) is 1. The van der Waals surface area contributed by atoms with Gasteiger partial charge in [0.25, 0.3) is 0 Å². The molecular formula is C19H31NO5Si. The Balaban J connectivity index is 2.40. The Labute approximate surface area is 157 Å². The van der Waals surface area contributed by atoms with Gasteiger partial charge in [0.1, 0.15) is 12.6 Å². The number of aliphatic carboxylic acids is 1. The molecule has 0 aliphatic heterocycles. The van der Waals surface area contributed by atoms with Gasteiger partial charge in [-0.25, -0.2) is 4.79 Å². The summed E-state index contributed by atoms with van der Waals surface area (Å²) in [4.78, 5) is 23.3. The molecule has 26 heavy (non-hydrogen) atoms. The van der Waals surface area contributed by atoms with Crippen LogP contribution in [-0.2, 0) is 25.4 Å². The first-order valence-corrected chi connectivity index (χ1v) is 11.7. The molecule has 0 saturated carbocycles. The van der Waals surface area contributed by atoms with Crippen molar-refractivity contribution < 1.29 is 23.9 Å². The Bertz CT molecular complexity index is 583. The van der Waals surface area contributed by atoms with E-state index in [1.807, 2.05) is 30.3 Å². The van der Waals surface area contributed by atoms with Crippen LogP contribution in [0.3, 0.4) is 0 Å². The highest BCUT2D eigenvalue weighted by Crippen LogP contribution is 2.36. The molecule has 0 unspecified atom stereocenters. The average molecular weight is 382 g/mol. The van der Waals surface area contributed by atoms with E-state index >= 15 is 0 Å². The number of carbonyl (C=O) groups excluding carboxylic acids is 1. The number of hydrogen-bond acceptors (Lipinski definition) is 4. The summed E-state index contributed by atoms with van der Waals surface area (Å²) in [6.07, 6.45) is 0.228. The van der Waals surface area contributed by atoms with E-state index in [-0.39, 0.29) is 18.1 Å². The minimum atomic E-state index is -1.94. The number of rotatable bonds is 10. The quantitative estimate of drug-likeness (QED) is 0.608. The molecule has 0 aliphatic carbocycles. The first-order valence-electron chi connectivity index (χ1n) is 8.81. The lowest BCUT2D eigenvalue weighted by Crippen LogP contribution is -2.45. The van der Waals surface area contributed by atoms with Crippen molar-refractivity contribution in [1.82, 2.24) is 5.32 Å². The first kappa shape index (κ1) is 22.3. The molecule has 1 atom stereocenters. The zero-order valence-corrected chi connectivity index (χ0v) is 17.4. The Kier molecular flexibility index (Phi) is 8.46. The van der Waals surface area contributed by atoms with Crippen molar-refractivity contribution in [1.29, 1.82) is 0 Å². The van der Waals surface area contributed by atoms with Crippen LogP contribution < -0.4 is 5.32 Å². The second-order valence-corrected chi connectivity index (χ2v) is 12.6. The summed E-state index contributed by atoms with van der Waals surface area (Å²) in [5.74, 6) is -1.51. The number of carboxylic acid groups (broad SMARTS) is 1. The molecule has 146 valence electrons. The molecule has 0 spiro atoms. The third-order valence-electron chi connectivity index (χ3n) is 4.65. The van der Waals surface area contributed by atoms with Gasteiger partial charge in [-0.2, -0.15) is 0 Å². The minimum absolute atomic E-state index is 0.0558. The van der Waals surface area contributed by atoms with Gasteiger partial charge in [0, 0.05) is 13.0 Å². The van der Waals surface area contributed by atoms with Crippen LogP contribution in [0.4, 0.5) is 0 Å².